The van der Waals surface area contributed by atoms with Gasteiger partial charge in [0.1, 0.15) is 5.82 Å². The molecule has 10 nitrogen and oxygen atoms in total. The highest BCUT2D eigenvalue weighted by Crippen LogP contribution is 2.34. The molecule has 0 spiro atoms. The van der Waals surface area contributed by atoms with E-state index < -0.39 is 18.0 Å². The van der Waals surface area contributed by atoms with Gasteiger partial charge in [-0.05, 0) is 47.9 Å². The van der Waals surface area contributed by atoms with Gasteiger partial charge in [-0.25, -0.2) is 14.6 Å². The molecule has 1 amide bonds. The first-order valence-electron chi connectivity index (χ1n) is 14.9. The van der Waals surface area contributed by atoms with E-state index in [1.165, 1.54) is 12.2 Å². The van der Waals surface area contributed by atoms with E-state index in [4.69, 9.17) is 20.6 Å². The summed E-state index contributed by atoms with van der Waals surface area (Å²) in [7, 11) is 0. The Bertz CT molecular complexity index is 2010. The Balaban J connectivity index is 1.42. The minimum absolute atomic E-state index is 0.00363. The summed E-state index contributed by atoms with van der Waals surface area (Å²) in [6, 6.07) is 29.3. The summed E-state index contributed by atoms with van der Waals surface area (Å²) in [4.78, 5) is 42.7. The van der Waals surface area contributed by atoms with E-state index in [9.17, 15) is 19.5 Å². The highest BCUT2D eigenvalue weighted by molar-refractivity contribution is 6.02. The number of H-pyrrole nitrogens is 1. The fourth-order valence-corrected chi connectivity index (χ4v) is 4.83. The van der Waals surface area contributed by atoms with Crippen LogP contribution in [-0.4, -0.2) is 54.9 Å². The number of benzene rings is 4. The van der Waals surface area contributed by atoms with Gasteiger partial charge in [-0.2, -0.15) is 0 Å². The van der Waals surface area contributed by atoms with Crippen molar-refractivity contribution in [2.45, 2.75) is 19.4 Å². The van der Waals surface area contributed by atoms with Gasteiger partial charge in [0.25, 0.3) is 0 Å². The highest BCUT2D eigenvalue weighted by Gasteiger charge is 2.18. The predicted octanol–water partition coefficient (Wildman–Crippen LogP) is 6.67. The minimum Gasteiger partial charge on any atom is -0.479 e. The van der Waals surface area contributed by atoms with Crippen molar-refractivity contribution < 1.29 is 29.7 Å². The fraction of sp³-hybridized carbons (Fsp3) is 0.0789. The second kappa shape index (κ2) is 14.8. The molecule has 240 valence electrons. The van der Waals surface area contributed by atoms with Gasteiger partial charge in [0.15, 0.2) is 6.10 Å². The summed E-state index contributed by atoms with van der Waals surface area (Å²) < 4.78 is 0. The van der Waals surface area contributed by atoms with Crippen LogP contribution in [0.25, 0.3) is 46.1 Å². The summed E-state index contributed by atoms with van der Waals surface area (Å²) >= 11 is 0. The molecule has 0 saturated carbocycles. The molecule has 10 heteroatoms. The van der Waals surface area contributed by atoms with Crippen molar-refractivity contribution in [2.75, 3.05) is 5.32 Å². The lowest BCUT2D eigenvalue weighted by molar-refractivity contribution is -0.146. The molecule has 48 heavy (non-hydrogen) atoms. The molecular formula is C38H32N4O6. The lowest BCUT2D eigenvalue weighted by atomic mass is 10.0. The SMILES string of the molecule is Cc1ccc(NC(=O)/C=C/c2ccc(-c3[nH]c(-c4ccc(C(=N)CC(O)C(=O)O)cc4)nc3-c3ccc(/C=C/C(=O)O)cc3)cc2)cc1. The third kappa shape index (κ3) is 8.45. The predicted molar refractivity (Wildman–Crippen MR) is 185 cm³/mol. The van der Waals surface area contributed by atoms with E-state index in [1.54, 1.807) is 42.5 Å². The molecule has 6 N–H and O–H groups in total. The van der Waals surface area contributed by atoms with E-state index in [0.29, 0.717) is 28.3 Å². The van der Waals surface area contributed by atoms with E-state index >= 15 is 0 Å². The molecule has 5 aromatic rings. The number of aromatic nitrogens is 2. The van der Waals surface area contributed by atoms with Crippen LogP contribution in [0.1, 0.15) is 28.7 Å². The number of hydrogen-bond donors (Lipinski definition) is 6. The van der Waals surface area contributed by atoms with Crippen LogP contribution >= 0.6 is 0 Å². The van der Waals surface area contributed by atoms with Gasteiger partial charge in [-0.15, -0.1) is 0 Å². The number of carboxylic acid groups (broad SMARTS) is 2. The number of aromatic amines is 1. The maximum Gasteiger partial charge on any atom is 0.332 e. The molecule has 0 aliphatic carbocycles. The van der Waals surface area contributed by atoms with Crippen molar-refractivity contribution in [1.82, 2.24) is 9.97 Å². The van der Waals surface area contributed by atoms with Crippen LogP contribution in [0.5, 0.6) is 0 Å². The third-order valence-electron chi connectivity index (χ3n) is 7.44. The van der Waals surface area contributed by atoms with Crippen LogP contribution in [0.4, 0.5) is 5.69 Å². The second-order valence-electron chi connectivity index (χ2n) is 11.0. The smallest absolute Gasteiger partial charge is 0.332 e. The Morgan fingerprint density at radius 2 is 1.35 bits per heavy atom. The number of amides is 1. The van der Waals surface area contributed by atoms with Crippen LogP contribution < -0.4 is 5.32 Å². The lowest BCUT2D eigenvalue weighted by Gasteiger charge is -2.07. The first kappa shape index (κ1) is 33.0. The monoisotopic (exact) mass is 640 g/mol. The van der Waals surface area contributed by atoms with Crippen LogP contribution in [-0.2, 0) is 14.4 Å². The number of anilines is 1. The number of nitrogens with zero attached hydrogens (tertiary/aromatic N) is 1. The Kier molecular flexibility index (Phi) is 10.2. The van der Waals surface area contributed by atoms with E-state index in [0.717, 1.165) is 39.6 Å². The number of rotatable bonds is 12. The zero-order chi connectivity index (χ0) is 34.2. The van der Waals surface area contributed by atoms with Crippen molar-refractivity contribution in [3.8, 4) is 33.9 Å². The van der Waals surface area contributed by atoms with Gasteiger partial charge in [-0.3, -0.25) is 4.79 Å². The zero-order valence-corrected chi connectivity index (χ0v) is 25.8. The summed E-state index contributed by atoms with van der Waals surface area (Å²) in [5.74, 6) is -2.12. The second-order valence-corrected chi connectivity index (χ2v) is 11.0. The summed E-state index contributed by atoms with van der Waals surface area (Å²) in [6.45, 7) is 1.98. The molecule has 0 aliphatic rings. The van der Waals surface area contributed by atoms with E-state index in [-0.39, 0.29) is 18.0 Å². The topological polar surface area (TPSA) is 176 Å². The summed E-state index contributed by atoms with van der Waals surface area (Å²) in [5, 5.41) is 38.6. The van der Waals surface area contributed by atoms with Gasteiger partial charge in [-0.1, -0.05) is 90.5 Å². The van der Waals surface area contributed by atoms with E-state index in [1.807, 2.05) is 67.6 Å². The molecule has 1 atom stereocenters. The van der Waals surface area contributed by atoms with Crippen LogP contribution in [0.2, 0.25) is 0 Å². The molecule has 0 aliphatic heterocycles. The standard InChI is InChI=1S/C38H32N4O6/c1-23-2-18-30(19-3-23)40-33(44)20-8-24-4-10-27(11-5-24)35-36(28-12-6-25(7-13-28)9-21-34(45)46)42-37(41-35)29-16-14-26(15-17-29)31(39)22-32(43)38(47)48/h2-21,32,39,43H,22H2,1H3,(H,40,44)(H,41,42)(H,45,46)(H,47,48)/b20-8+,21-9+,39-31?. The summed E-state index contributed by atoms with van der Waals surface area (Å²) in [6.07, 6.45) is 3.80. The molecular weight excluding hydrogens is 608 g/mol. The number of imidazole rings is 1. The number of carbonyl (C=O) groups is 3. The first-order valence-corrected chi connectivity index (χ1v) is 14.9. The number of aliphatic hydroxyl groups excluding tert-OH is 1. The number of carbonyl (C=O) groups excluding carboxylic acids is 1. The molecule has 5 rings (SSSR count). The van der Waals surface area contributed by atoms with Crippen molar-refractivity contribution >= 4 is 41.4 Å². The Morgan fingerprint density at radius 3 is 1.94 bits per heavy atom. The number of aliphatic carboxylic acids is 2. The maximum absolute atomic E-state index is 12.4. The largest absolute Gasteiger partial charge is 0.479 e. The number of carboxylic acids is 2. The number of nitrogens with one attached hydrogen (secondary N) is 3. The minimum atomic E-state index is -1.66. The number of aliphatic hydroxyl groups is 1. The summed E-state index contributed by atoms with van der Waals surface area (Å²) in [5.41, 5.74) is 7.55. The molecule has 0 saturated heterocycles. The molecule has 0 fully saturated rings. The van der Waals surface area contributed by atoms with Crippen molar-refractivity contribution in [2.24, 2.45) is 0 Å². The van der Waals surface area contributed by atoms with Crippen LogP contribution in [0.3, 0.4) is 0 Å². The molecule has 1 heterocycles. The Morgan fingerprint density at radius 1 is 0.792 bits per heavy atom. The van der Waals surface area contributed by atoms with Crippen molar-refractivity contribution in [3.05, 3.63) is 131 Å². The van der Waals surface area contributed by atoms with E-state index in [2.05, 4.69) is 10.3 Å². The third-order valence-corrected chi connectivity index (χ3v) is 7.44. The molecule has 0 radical (unpaired) electrons. The van der Waals surface area contributed by atoms with Crippen molar-refractivity contribution in [3.63, 3.8) is 0 Å². The average molecular weight is 641 g/mol. The molecule has 0 bridgehead atoms. The first-order chi connectivity index (χ1) is 23.0. The van der Waals surface area contributed by atoms with Gasteiger partial charge < -0.3 is 31.0 Å². The molecule has 1 unspecified atom stereocenters. The molecule has 4 aromatic carbocycles. The van der Waals surface area contributed by atoms with Gasteiger partial charge >= 0.3 is 11.9 Å². The Hall–Kier alpha value is -6.39. The lowest BCUT2D eigenvalue weighted by Crippen LogP contribution is -2.23. The number of hydrogen-bond acceptors (Lipinski definition) is 6. The van der Waals surface area contributed by atoms with Crippen LogP contribution in [0, 0.1) is 12.3 Å². The quantitative estimate of drug-likeness (QED) is 0.0651. The Labute approximate surface area is 276 Å². The fourth-order valence-electron chi connectivity index (χ4n) is 4.83. The highest BCUT2D eigenvalue weighted by atomic mass is 16.4. The van der Waals surface area contributed by atoms with Gasteiger partial charge in [0.05, 0.1) is 11.4 Å². The zero-order valence-electron chi connectivity index (χ0n) is 25.8. The molecule has 1 aromatic heterocycles. The average Bonchev–Trinajstić information content (AvgIpc) is 3.53. The van der Waals surface area contributed by atoms with Gasteiger partial charge in [0, 0.05) is 46.7 Å². The van der Waals surface area contributed by atoms with Crippen LogP contribution in [0.15, 0.2) is 109 Å². The number of aryl methyl sites for hydroxylation is 1. The maximum atomic E-state index is 12.4. The van der Waals surface area contributed by atoms with Gasteiger partial charge in [0.2, 0.25) is 5.91 Å². The normalized spacial score (nSPS) is 11.9. The van der Waals surface area contributed by atoms with Crippen molar-refractivity contribution in [1.29, 1.82) is 5.41 Å².